The molecule has 5 atom stereocenters. The molecular formula is C27H58O5Si3. The van der Waals surface area contributed by atoms with Crippen molar-refractivity contribution in [3.05, 3.63) is 0 Å². The van der Waals surface area contributed by atoms with E-state index >= 15 is 0 Å². The van der Waals surface area contributed by atoms with Gasteiger partial charge in [0.2, 0.25) is 0 Å². The van der Waals surface area contributed by atoms with E-state index in [0.717, 1.165) is 12.7 Å². The summed E-state index contributed by atoms with van der Waals surface area (Å²) < 4.78 is 27.3. The number of rotatable bonds is 9. The predicted molar refractivity (Wildman–Crippen MR) is 156 cm³/mol. The second-order valence-corrected chi connectivity index (χ2v) is 29.6. The Labute approximate surface area is 220 Å². The van der Waals surface area contributed by atoms with E-state index in [4.69, 9.17) is 18.0 Å². The minimum Gasteiger partial charge on any atom is -0.414 e. The Hall–Kier alpha value is 0.161. The molecule has 0 aromatic carbocycles. The quantitative estimate of drug-likeness (QED) is 0.218. The first-order valence-electron chi connectivity index (χ1n) is 13.5. The minimum atomic E-state index is -2.08. The molecule has 0 amide bonds. The Kier molecular flexibility index (Phi) is 10.5. The number of carbonyl (C=O) groups excluding carboxylic acids is 1. The molecule has 0 radical (unpaired) electrons. The van der Waals surface area contributed by atoms with Crippen LogP contribution in [0.15, 0.2) is 0 Å². The Balaban J connectivity index is 3.37. The molecule has 1 aliphatic heterocycles. The standard InChI is InChI=1S/C27H58O5Si3/c1-20(18-28)24-22(32-35(15,16)27(8,9)10)17-21(31-34(13,14)26(5,6)7)23(30-24)19-29-33(11,12)25(2,3)4/h18,20-24H,17,19H2,1-16H3/t20-,21+,22-,23+,24?/m0/s1. The van der Waals surface area contributed by atoms with Gasteiger partial charge in [0, 0.05) is 12.3 Å². The van der Waals surface area contributed by atoms with Crippen LogP contribution in [0.3, 0.4) is 0 Å². The first-order valence-corrected chi connectivity index (χ1v) is 22.2. The second-order valence-electron chi connectivity index (χ2n) is 15.3. The van der Waals surface area contributed by atoms with Gasteiger partial charge in [-0.3, -0.25) is 0 Å². The fourth-order valence-electron chi connectivity index (χ4n) is 3.44. The Morgan fingerprint density at radius 1 is 0.771 bits per heavy atom. The summed E-state index contributed by atoms with van der Waals surface area (Å²) in [5.74, 6) is -0.256. The average molecular weight is 547 g/mol. The highest BCUT2D eigenvalue weighted by atomic mass is 28.4. The molecule has 1 unspecified atom stereocenters. The van der Waals surface area contributed by atoms with Crippen molar-refractivity contribution in [2.75, 3.05) is 6.61 Å². The third kappa shape index (κ3) is 8.32. The third-order valence-electron chi connectivity index (χ3n) is 9.23. The van der Waals surface area contributed by atoms with Crippen LogP contribution in [0.1, 0.15) is 75.7 Å². The zero-order chi connectivity index (χ0) is 27.8. The summed E-state index contributed by atoms with van der Waals surface area (Å²) in [5.41, 5.74) is 0. The van der Waals surface area contributed by atoms with Crippen molar-refractivity contribution in [3.8, 4) is 0 Å². The molecule has 0 bridgehead atoms. The monoisotopic (exact) mass is 546 g/mol. The van der Waals surface area contributed by atoms with Gasteiger partial charge in [-0.05, 0) is 54.4 Å². The van der Waals surface area contributed by atoms with Gasteiger partial charge in [-0.15, -0.1) is 0 Å². The molecule has 0 aromatic heterocycles. The van der Waals surface area contributed by atoms with E-state index in [1.165, 1.54) is 0 Å². The first-order chi connectivity index (χ1) is 15.4. The van der Waals surface area contributed by atoms with Crippen molar-refractivity contribution in [1.29, 1.82) is 0 Å². The van der Waals surface area contributed by atoms with Crippen molar-refractivity contribution in [1.82, 2.24) is 0 Å². The zero-order valence-electron chi connectivity index (χ0n) is 25.9. The zero-order valence-corrected chi connectivity index (χ0v) is 28.9. The van der Waals surface area contributed by atoms with Crippen LogP contribution in [-0.2, 0) is 22.8 Å². The van der Waals surface area contributed by atoms with Gasteiger partial charge in [0.15, 0.2) is 25.0 Å². The van der Waals surface area contributed by atoms with Crippen molar-refractivity contribution >= 4 is 31.2 Å². The van der Waals surface area contributed by atoms with Gasteiger partial charge in [0.1, 0.15) is 12.4 Å². The van der Waals surface area contributed by atoms with Crippen LogP contribution in [0.4, 0.5) is 0 Å². The van der Waals surface area contributed by atoms with E-state index in [-0.39, 0.29) is 45.4 Å². The molecule has 1 fully saturated rings. The van der Waals surface area contributed by atoms with Crippen molar-refractivity contribution in [2.45, 2.75) is 154 Å². The lowest BCUT2D eigenvalue weighted by molar-refractivity contribution is -0.183. The largest absolute Gasteiger partial charge is 0.414 e. The van der Waals surface area contributed by atoms with E-state index in [0.29, 0.717) is 6.61 Å². The van der Waals surface area contributed by atoms with Crippen LogP contribution in [0, 0.1) is 5.92 Å². The summed E-state index contributed by atoms with van der Waals surface area (Å²) in [4.78, 5) is 11.9. The van der Waals surface area contributed by atoms with Gasteiger partial charge in [0.05, 0.1) is 24.9 Å². The van der Waals surface area contributed by atoms with Crippen LogP contribution < -0.4 is 0 Å². The molecule has 208 valence electrons. The fraction of sp³-hybridized carbons (Fsp3) is 0.963. The highest BCUT2D eigenvalue weighted by molar-refractivity contribution is 6.75. The number of hydrogen-bond acceptors (Lipinski definition) is 5. The van der Waals surface area contributed by atoms with E-state index in [9.17, 15) is 4.79 Å². The summed E-state index contributed by atoms with van der Waals surface area (Å²) in [6.07, 6.45) is 0.931. The van der Waals surface area contributed by atoms with Crippen LogP contribution in [0.2, 0.25) is 54.4 Å². The lowest BCUT2D eigenvalue weighted by Crippen LogP contribution is -2.60. The maximum absolute atomic E-state index is 11.9. The lowest BCUT2D eigenvalue weighted by Gasteiger charge is -2.50. The highest BCUT2D eigenvalue weighted by Gasteiger charge is 2.50. The molecule has 0 saturated carbocycles. The van der Waals surface area contributed by atoms with Crippen LogP contribution >= 0.6 is 0 Å². The normalized spacial score (nSPS) is 26.5. The molecule has 35 heavy (non-hydrogen) atoms. The minimum absolute atomic E-state index is 0.0695. The average Bonchev–Trinajstić information content (AvgIpc) is 2.63. The summed E-state index contributed by atoms with van der Waals surface area (Å²) in [7, 11) is -6.11. The number of hydrogen-bond donors (Lipinski definition) is 0. The number of aldehydes is 1. The first kappa shape index (κ1) is 33.2. The topological polar surface area (TPSA) is 54.0 Å². The molecule has 0 aliphatic carbocycles. The van der Waals surface area contributed by atoms with Crippen molar-refractivity contribution in [3.63, 3.8) is 0 Å². The van der Waals surface area contributed by atoms with Gasteiger partial charge < -0.3 is 22.8 Å². The Bertz CT molecular complexity index is 701. The molecule has 1 heterocycles. The van der Waals surface area contributed by atoms with Gasteiger partial charge in [-0.25, -0.2) is 0 Å². The molecular weight excluding hydrogens is 489 g/mol. The summed E-state index contributed by atoms with van der Waals surface area (Å²) >= 11 is 0. The van der Waals surface area contributed by atoms with E-state index < -0.39 is 25.0 Å². The highest BCUT2D eigenvalue weighted by Crippen LogP contribution is 2.44. The summed E-state index contributed by atoms with van der Waals surface area (Å²) in [6.45, 7) is 36.4. The van der Waals surface area contributed by atoms with E-state index in [2.05, 4.69) is 102 Å². The molecule has 0 spiro atoms. The Morgan fingerprint density at radius 2 is 1.17 bits per heavy atom. The van der Waals surface area contributed by atoms with Gasteiger partial charge in [-0.1, -0.05) is 69.2 Å². The van der Waals surface area contributed by atoms with Gasteiger partial charge >= 0.3 is 0 Å². The summed E-state index contributed by atoms with van der Waals surface area (Å²) in [5, 5.41) is 0.265. The maximum atomic E-state index is 11.9. The fourth-order valence-corrected chi connectivity index (χ4v) is 7.15. The van der Waals surface area contributed by atoms with Crippen LogP contribution in [0.25, 0.3) is 0 Å². The number of carbonyl (C=O) groups is 1. The molecule has 1 saturated heterocycles. The Morgan fingerprint density at radius 3 is 1.54 bits per heavy atom. The second kappa shape index (κ2) is 11.1. The van der Waals surface area contributed by atoms with E-state index in [1.54, 1.807) is 0 Å². The van der Waals surface area contributed by atoms with Gasteiger partial charge in [-0.2, -0.15) is 0 Å². The molecule has 1 rings (SSSR count). The number of ether oxygens (including phenoxy) is 1. The van der Waals surface area contributed by atoms with Crippen molar-refractivity contribution < 1.29 is 22.8 Å². The van der Waals surface area contributed by atoms with Gasteiger partial charge in [0.25, 0.3) is 0 Å². The summed E-state index contributed by atoms with van der Waals surface area (Å²) in [6, 6.07) is 0. The lowest BCUT2D eigenvalue weighted by atomic mass is 9.92. The molecule has 8 heteroatoms. The van der Waals surface area contributed by atoms with Crippen LogP contribution in [-0.4, -0.2) is 62.3 Å². The maximum Gasteiger partial charge on any atom is 0.192 e. The third-order valence-corrected chi connectivity index (χ3v) is 22.7. The van der Waals surface area contributed by atoms with E-state index in [1.807, 2.05) is 6.92 Å². The molecule has 5 nitrogen and oxygen atoms in total. The smallest absolute Gasteiger partial charge is 0.192 e. The van der Waals surface area contributed by atoms with Crippen molar-refractivity contribution in [2.24, 2.45) is 5.92 Å². The molecule has 1 aliphatic rings. The molecule has 0 N–H and O–H groups in total. The predicted octanol–water partition coefficient (Wildman–Crippen LogP) is 7.78. The molecule has 0 aromatic rings. The SMILES string of the molecule is C[C@@H](C=O)C1O[C@H](CO[Si](C)(C)C(C)(C)C)[C@H](O[Si](C)(C)C(C)(C)C)C[C@@H]1O[Si](C)(C)C(C)(C)C. The van der Waals surface area contributed by atoms with Crippen LogP contribution in [0.5, 0.6) is 0 Å².